The van der Waals surface area contributed by atoms with Gasteiger partial charge in [-0.05, 0) is 31.2 Å². The molecule has 0 heterocycles. The molecule has 8 heteroatoms. The van der Waals surface area contributed by atoms with Crippen LogP contribution in [0.3, 0.4) is 0 Å². The number of benzene rings is 2. The number of hydrogen-bond donors (Lipinski definition) is 2. The summed E-state index contributed by atoms with van der Waals surface area (Å²) in [5.74, 6) is -0.598. The van der Waals surface area contributed by atoms with Crippen molar-refractivity contribution in [2.45, 2.75) is 17.1 Å². The zero-order chi connectivity index (χ0) is 18.2. The van der Waals surface area contributed by atoms with Crippen LogP contribution in [0.25, 0.3) is 0 Å². The van der Waals surface area contributed by atoms with Gasteiger partial charge in [-0.3, -0.25) is 19.7 Å². The number of non-ortho nitro benzene ring substituents is 1. The zero-order valence-electron chi connectivity index (χ0n) is 13.5. The summed E-state index contributed by atoms with van der Waals surface area (Å²) in [6, 6.07) is 14.9. The second-order valence-electron chi connectivity index (χ2n) is 5.14. The van der Waals surface area contributed by atoms with Gasteiger partial charge in [0.25, 0.3) is 5.69 Å². The van der Waals surface area contributed by atoms with Gasteiger partial charge in [-0.2, -0.15) is 0 Å². The summed E-state index contributed by atoms with van der Waals surface area (Å²) in [6.45, 7) is 1.58. The maximum absolute atomic E-state index is 12.1. The second-order valence-corrected chi connectivity index (χ2v) is 6.56. The lowest BCUT2D eigenvalue weighted by molar-refractivity contribution is -0.384. The quantitative estimate of drug-likeness (QED) is 0.450. The van der Waals surface area contributed by atoms with E-state index in [2.05, 4.69) is 10.6 Å². The minimum atomic E-state index is -0.476. The van der Waals surface area contributed by atoms with E-state index < -0.39 is 10.2 Å². The maximum atomic E-state index is 12.1. The summed E-state index contributed by atoms with van der Waals surface area (Å²) in [5.41, 5.74) is 0.661. The first kappa shape index (κ1) is 18.5. The number of anilines is 1. The number of nitro groups is 1. The number of carbonyl (C=O) groups excluding carboxylic acids is 2. The molecule has 2 rings (SSSR count). The number of carbonyl (C=O) groups is 2. The van der Waals surface area contributed by atoms with Crippen LogP contribution in [0, 0.1) is 10.1 Å². The van der Waals surface area contributed by atoms with E-state index in [1.807, 2.05) is 6.07 Å². The van der Waals surface area contributed by atoms with Gasteiger partial charge in [0.1, 0.15) is 0 Å². The predicted molar refractivity (Wildman–Crippen MR) is 96.5 cm³/mol. The van der Waals surface area contributed by atoms with Crippen molar-refractivity contribution in [3.8, 4) is 0 Å². The molecule has 0 aliphatic heterocycles. The number of hydrogen-bond acceptors (Lipinski definition) is 5. The van der Waals surface area contributed by atoms with Crippen LogP contribution in [0.15, 0.2) is 59.5 Å². The largest absolute Gasteiger partial charge is 0.346 e. The molecule has 0 spiro atoms. The number of amides is 2. The highest BCUT2D eigenvalue weighted by atomic mass is 32.2. The van der Waals surface area contributed by atoms with Gasteiger partial charge in [-0.25, -0.2) is 0 Å². The van der Waals surface area contributed by atoms with Crippen molar-refractivity contribution in [1.29, 1.82) is 0 Å². The van der Waals surface area contributed by atoms with Crippen LogP contribution in [0.5, 0.6) is 0 Å². The Hall–Kier alpha value is -2.87. The Morgan fingerprint density at radius 3 is 2.36 bits per heavy atom. The molecule has 2 aromatic carbocycles. The Morgan fingerprint density at radius 1 is 1.12 bits per heavy atom. The first-order valence-corrected chi connectivity index (χ1v) is 8.37. The number of para-hydroxylation sites is 1. The van der Waals surface area contributed by atoms with Crippen LogP contribution in [0.1, 0.15) is 6.92 Å². The Labute approximate surface area is 149 Å². The SMILES string of the molecule is CC(Sc1ccc([N+](=O)[O-])cc1)C(=O)NCC(=O)Nc1ccccc1. The zero-order valence-corrected chi connectivity index (χ0v) is 14.3. The lowest BCUT2D eigenvalue weighted by Gasteiger charge is -2.12. The molecule has 0 aliphatic carbocycles. The Morgan fingerprint density at radius 2 is 1.76 bits per heavy atom. The third kappa shape index (κ3) is 5.92. The van der Waals surface area contributed by atoms with Crippen LogP contribution in [-0.2, 0) is 9.59 Å². The van der Waals surface area contributed by atoms with Gasteiger partial charge >= 0.3 is 0 Å². The summed E-state index contributed by atoms with van der Waals surface area (Å²) < 4.78 is 0. The molecule has 1 unspecified atom stereocenters. The van der Waals surface area contributed by atoms with Crippen LogP contribution < -0.4 is 10.6 Å². The van der Waals surface area contributed by atoms with Crippen molar-refractivity contribution in [2.24, 2.45) is 0 Å². The monoisotopic (exact) mass is 359 g/mol. The third-order valence-electron chi connectivity index (χ3n) is 3.21. The highest BCUT2D eigenvalue weighted by molar-refractivity contribution is 8.00. The van der Waals surface area contributed by atoms with E-state index >= 15 is 0 Å². The molecule has 0 aliphatic rings. The van der Waals surface area contributed by atoms with Crippen LogP contribution in [0.2, 0.25) is 0 Å². The van der Waals surface area contributed by atoms with Gasteiger partial charge < -0.3 is 10.6 Å². The molecule has 0 saturated carbocycles. The van der Waals surface area contributed by atoms with Gasteiger partial charge in [0.05, 0.1) is 16.7 Å². The fourth-order valence-corrected chi connectivity index (χ4v) is 2.83. The van der Waals surface area contributed by atoms with Gasteiger partial charge in [0.15, 0.2) is 0 Å². The standard InChI is InChI=1S/C17H17N3O4S/c1-12(25-15-9-7-14(8-10-15)20(23)24)17(22)18-11-16(21)19-13-5-3-2-4-6-13/h2-10,12H,11H2,1H3,(H,18,22)(H,19,21). The van der Waals surface area contributed by atoms with Crippen LogP contribution in [0.4, 0.5) is 11.4 Å². The van der Waals surface area contributed by atoms with E-state index in [0.29, 0.717) is 5.69 Å². The molecule has 0 saturated heterocycles. The van der Waals surface area contributed by atoms with Gasteiger partial charge in [0, 0.05) is 22.7 Å². The van der Waals surface area contributed by atoms with Crippen molar-refractivity contribution in [1.82, 2.24) is 5.32 Å². The molecule has 25 heavy (non-hydrogen) atoms. The summed E-state index contributed by atoms with van der Waals surface area (Å²) in [6.07, 6.45) is 0. The number of nitro benzene ring substituents is 1. The van der Waals surface area contributed by atoms with Crippen molar-refractivity contribution in [3.05, 3.63) is 64.7 Å². The molecule has 0 bridgehead atoms. The topological polar surface area (TPSA) is 101 Å². The van der Waals surface area contributed by atoms with Gasteiger partial charge in [0.2, 0.25) is 11.8 Å². The van der Waals surface area contributed by atoms with E-state index in [-0.39, 0.29) is 24.0 Å². The van der Waals surface area contributed by atoms with E-state index in [1.165, 1.54) is 23.9 Å². The minimum Gasteiger partial charge on any atom is -0.346 e. The molecule has 0 fully saturated rings. The maximum Gasteiger partial charge on any atom is 0.269 e. The number of rotatable bonds is 7. The predicted octanol–water partition coefficient (Wildman–Crippen LogP) is 2.83. The van der Waals surface area contributed by atoms with Crippen LogP contribution >= 0.6 is 11.8 Å². The normalized spacial score (nSPS) is 11.4. The Bertz CT molecular complexity index is 750. The Balaban J connectivity index is 1.79. The molecule has 2 amide bonds. The fourth-order valence-electron chi connectivity index (χ4n) is 1.94. The summed E-state index contributed by atoms with van der Waals surface area (Å²) in [5, 5.41) is 15.4. The highest BCUT2D eigenvalue weighted by Gasteiger charge is 2.16. The molecule has 0 radical (unpaired) electrons. The average molecular weight is 359 g/mol. The molecule has 130 valence electrons. The molecule has 2 N–H and O–H groups in total. The summed E-state index contributed by atoms with van der Waals surface area (Å²) >= 11 is 1.26. The third-order valence-corrected chi connectivity index (χ3v) is 4.32. The van der Waals surface area contributed by atoms with Crippen molar-refractivity contribution >= 4 is 35.0 Å². The first-order valence-electron chi connectivity index (χ1n) is 7.49. The van der Waals surface area contributed by atoms with Crippen molar-refractivity contribution < 1.29 is 14.5 Å². The van der Waals surface area contributed by atoms with Gasteiger partial charge in [-0.15, -0.1) is 11.8 Å². The lowest BCUT2D eigenvalue weighted by atomic mass is 10.3. The molecular weight excluding hydrogens is 342 g/mol. The second kappa shape index (κ2) is 8.84. The molecule has 1 atom stereocenters. The molecule has 2 aromatic rings. The first-order chi connectivity index (χ1) is 12.0. The average Bonchev–Trinajstić information content (AvgIpc) is 2.61. The molecule has 7 nitrogen and oxygen atoms in total. The van der Waals surface area contributed by atoms with Crippen molar-refractivity contribution in [3.63, 3.8) is 0 Å². The van der Waals surface area contributed by atoms with Crippen molar-refractivity contribution in [2.75, 3.05) is 11.9 Å². The minimum absolute atomic E-state index is 0.000891. The van der Waals surface area contributed by atoms with E-state index in [4.69, 9.17) is 0 Å². The lowest BCUT2D eigenvalue weighted by Crippen LogP contribution is -2.37. The highest BCUT2D eigenvalue weighted by Crippen LogP contribution is 2.25. The number of nitrogens with one attached hydrogen (secondary N) is 2. The van der Waals surface area contributed by atoms with Crippen LogP contribution in [-0.4, -0.2) is 28.5 Å². The van der Waals surface area contributed by atoms with Gasteiger partial charge in [-0.1, -0.05) is 18.2 Å². The number of thioether (sulfide) groups is 1. The summed E-state index contributed by atoms with van der Waals surface area (Å²) in [4.78, 5) is 34.7. The van der Waals surface area contributed by atoms with E-state index in [9.17, 15) is 19.7 Å². The Kier molecular flexibility index (Phi) is 6.53. The fraction of sp³-hybridized carbons (Fsp3) is 0.176. The molecular formula is C17H17N3O4S. The molecule has 0 aromatic heterocycles. The van der Waals surface area contributed by atoms with E-state index in [0.717, 1.165) is 4.90 Å². The summed E-state index contributed by atoms with van der Waals surface area (Å²) in [7, 11) is 0. The van der Waals surface area contributed by atoms with E-state index in [1.54, 1.807) is 43.3 Å². The smallest absolute Gasteiger partial charge is 0.269 e. The number of nitrogens with zero attached hydrogens (tertiary/aromatic N) is 1.